The maximum absolute atomic E-state index is 12.3. The maximum Gasteiger partial charge on any atom is 0.242 e. The molecule has 2 fully saturated rings. The van der Waals surface area contributed by atoms with Crippen molar-refractivity contribution in [3.8, 4) is 0 Å². The summed E-state index contributed by atoms with van der Waals surface area (Å²) in [5, 5.41) is 2.61. The van der Waals surface area contributed by atoms with Crippen molar-refractivity contribution < 1.29 is 14.4 Å². The number of nitrogens with one attached hydrogen (secondary N) is 1. The highest BCUT2D eigenvalue weighted by molar-refractivity contribution is 5.87. The van der Waals surface area contributed by atoms with E-state index in [0.717, 1.165) is 12.3 Å². The number of carbonyl (C=O) groups excluding carboxylic acids is 3. The van der Waals surface area contributed by atoms with E-state index in [-0.39, 0.29) is 42.6 Å². The molecule has 1 atom stereocenters. The molecule has 1 saturated carbocycles. The number of halogens is 1. The molecule has 0 aromatic carbocycles. The zero-order chi connectivity index (χ0) is 19.1. The first-order valence-corrected chi connectivity index (χ1v) is 9.97. The van der Waals surface area contributed by atoms with Crippen LogP contribution in [0.4, 0.5) is 0 Å². The Morgan fingerprint density at radius 3 is 2.04 bits per heavy atom. The summed E-state index contributed by atoms with van der Waals surface area (Å²) in [6, 6.07) is -0.600. The quantitative estimate of drug-likeness (QED) is 0.667. The van der Waals surface area contributed by atoms with Crippen LogP contribution in [0.3, 0.4) is 0 Å². The van der Waals surface area contributed by atoms with E-state index in [4.69, 9.17) is 5.73 Å². The van der Waals surface area contributed by atoms with Crippen LogP contribution in [0.2, 0.25) is 0 Å². The van der Waals surface area contributed by atoms with Crippen molar-refractivity contribution in [2.75, 3.05) is 32.7 Å². The first kappa shape index (κ1) is 23.7. The third-order valence-electron chi connectivity index (χ3n) is 5.66. The fraction of sp³-hybridized carbons (Fsp3) is 0.842. The van der Waals surface area contributed by atoms with Crippen molar-refractivity contribution >= 4 is 30.1 Å². The minimum Gasteiger partial charge on any atom is -0.346 e. The molecule has 156 valence electrons. The smallest absolute Gasteiger partial charge is 0.242 e. The van der Waals surface area contributed by atoms with Crippen molar-refractivity contribution in [3.05, 3.63) is 0 Å². The van der Waals surface area contributed by atoms with Gasteiger partial charge in [-0.05, 0) is 18.3 Å². The molecular weight excluding hydrogens is 368 g/mol. The Kier molecular flexibility index (Phi) is 10.1. The molecule has 27 heavy (non-hydrogen) atoms. The summed E-state index contributed by atoms with van der Waals surface area (Å²) in [5.74, 6) is 0.549. The van der Waals surface area contributed by atoms with Crippen LogP contribution in [0.1, 0.15) is 52.4 Å². The van der Waals surface area contributed by atoms with Gasteiger partial charge in [-0.1, -0.05) is 39.5 Å². The molecule has 1 saturated heterocycles. The van der Waals surface area contributed by atoms with Gasteiger partial charge in [-0.25, -0.2) is 0 Å². The van der Waals surface area contributed by atoms with Crippen molar-refractivity contribution in [1.29, 1.82) is 0 Å². The van der Waals surface area contributed by atoms with Gasteiger partial charge in [-0.3, -0.25) is 14.4 Å². The summed E-state index contributed by atoms with van der Waals surface area (Å²) in [5.41, 5.74) is 5.77. The fourth-order valence-electron chi connectivity index (χ4n) is 3.69. The molecule has 0 aromatic heterocycles. The standard InChI is InChI=1S/C19H34N4O3.ClH/c1-14(2)18(20)19(26)21-13-17(25)23-11-9-22(10-12-23)16(24)8-7-15-5-3-4-6-15;/h14-15,18H,3-13,20H2,1-2H3,(H,21,26);1H/t18-;/m0./s1. The zero-order valence-corrected chi connectivity index (χ0v) is 17.4. The molecule has 1 aliphatic carbocycles. The molecule has 7 nitrogen and oxygen atoms in total. The summed E-state index contributed by atoms with van der Waals surface area (Å²) in [6.07, 6.45) is 6.77. The van der Waals surface area contributed by atoms with Gasteiger partial charge in [0.05, 0.1) is 12.6 Å². The fourth-order valence-corrected chi connectivity index (χ4v) is 3.69. The lowest BCUT2D eigenvalue weighted by molar-refractivity contribution is -0.139. The van der Waals surface area contributed by atoms with Gasteiger partial charge in [0.25, 0.3) is 0 Å². The van der Waals surface area contributed by atoms with Crippen LogP contribution >= 0.6 is 12.4 Å². The van der Waals surface area contributed by atoms with Gasteiger partial charge >= 0.3 is 0 Å². The molecule has 1 heterocycles. The number of rotatable bonds is 7. The normalized spacial score (nSPS) is 19.0. The third kappa shape index (κ3) is 7.30. The van der Waals surface area contributed by atoms with Crippen LogP contribution in [-0.2, 0) is 14.4 Å². The van der Waals surface area contributed by atoms with Crippen molar-refractivity contribution in [2.24, 2.45) is 17.6 Å². The third-order valence-corrected chi connectivity index (χ3v) is 5.66. The molecule has 3 amide bonds. The Morgan fingerprint density at radius 2 is 1.52 bits per heavy atom. The molecule has 0 radical (unpaired) electrons. The molecule has 8 heteroatoms. The van der Waals surface area contributed by atoms with Crippen molar-refractivity contribution in [1.82, 2.24) is 15.1 Å². The Hall–Kier alpha value is -1.34. The largest absolute Gasteiger partial charge is 0.346 e. The molecule has 3 N–H and O–H groups in total. The van der Waals surface area contributed by atoms with Gasteiger partial charge in [-0.2, -0.15) is 0 Å². The lowest BCUT2D eigenvalue weighted by Crippen LogP contribution is -2.53. The van der Waals surface area contributed by atoms with Crippen molar-refractivity contribution in [3.63, 3.8) is 0 Å². The highest BCUT2D eigenvalue weighted by Gasteiger charge is 2.26. The lowest BCUT2D eigenvalue weighted by atomic mass is 10.0. The van der Waals surface area contributed by atoms with E-state index in [1.165, 1.54) is 25.7 Å². The van der Waals surface area contributed by atoms with Crippen LogP contribution in [0.15, 0.2) is 0 Å². The summed E-state index contributed by atoms with van der Waals surface area (Å²) in [4.78, 5) is 40.0. The SMILES string of the molecule is CC(C)[C@H](N)C(=O)NCC(=O)N1CCN(C(=O)CCC2CCCC2)CC1.Cl. The maximum atomic E-state index is 12.3. The number of carbonyl (C=O) groups is 3. The van der Waals surface area contributed by atoms with E-state index in [9.17, 15) is 14.4 Å². The van der Waals surface area contributed by atoms with Gasteiger partial charge < -0.3 is 20.9 Å². The van der Waals surface area contributed by atoms with Gasteiger partial charge in [0, 0.05) is 32.6 Å². The Morgan fingerprint density at radius 1 is 1.00 bits per heavy atom. The van der Waals surface area contributed by atoms with Gasteiger partial charge in [0.15, 0.2) is 0 Å². The van der Waals surface area contributed by atoms with E-state index < -0.39 is 6.04 Å². The minimum atomic E-state index is -0.600. The number of amides is 3. The molecule has 0 aromatic rings. The highest BCUT2D eigenvalue weighted by atomic mass is 35.5. The van der Waals surface area contributed by atoms with E-state index in [1.54, 1.807) is 4.90 Å². The Balaban J connectivity index is 0.00000364. The molecule has 2 rings (SSSR count). The molecule has 1 aliphatic heterocycles. The van der Waals surface area contributed by atoms with Crippen LogP contribution in [0.5, 0.6) is 0 Å². The second-order valence-electron chi connectivity index (χ2n) is 7.94. The summed E-state index contributed by atoms with van der Waals surface area (Å²) in [7, 11) is 0. The number of hydrogen-bond acceptors (Lipinski definition) is 4. The minimum absolute atomic E-state index is 0. The van der Waals surface area contributed by atoms with Gasteiger partial charge in [0.2, 0.25) is 17.7 Å². The average Bonchev–Trinajstić information content (AvgIpc) is 3.16. The molecular formula is C19H35ClN4O3. The molecule has 2 aliphatic rings. The van der Waals surface area contributed by atoms with Crippen LogP contribution in [0, 0.1) is 11.8 Å². The molecule has 0 bridgehead atoms. The lowest BCUT2D eigenvalue weighted by Gasteiger charge is -2.35. The first-order valence-electron chi connectivity index (χ1n) is 9.97. The number of piperazine rings is 1. The van der Waals surface area contributed by atoms with E-state index in [0.29, 0.717) is 32.6 Å². The number of nitrogens with zero attached hydrogens (tertiary/aromatic N) is 2. The summed E-state index contributed by atoms with van der Waals surface area (Å²) < 4.78 is 0. The second kappa shape index (κ2) is 11.5. The molecule has 0 spiro atoms. The monoisotopic (exact) mass is 402 g/mol. The van der Waals surface area contributed by atoms with Gasteiger partial charge in [0.1, 0.15) is 0 Å². The topological polar surface area (TPSA) is 95.7 Å². The second-order valence-corrected chi connectivity index (χ2v) is 7.94. The van der Waals surface area contributed by atoms with E-state index in [2.05, 4.69) is 5.32 Å². The van der Waals surface area contributed by atoms with E-state index in [1.807, 2.05) is 18.7 Å². The average molecular weight is 403 g/mol. The predicted molar refractivity (Wildman–Crippen MR) is 107 cm³/mol. The van der Waals surface area contributed by atoms with Crippen LogP contribution < -0.4 is 11.1 Å². The van der Waals surface area contributed by atoms with Crippen LogP contribution in [-0.4, -0.2) is 66.3 Å². The highest BCUT2D eigenvalue weighted by Crippen LogP contribution is 2.28. The van der Waals surface area contributed by atoms with Crippen molar-refractivity contribution in [2.45, 2.75) is 58.4 Å². The Labute approximate surface area is 168 Å². The summed E-state index contributed by atoms with van der Waals surface area (Å²) >= 11 is 0. The van der Waals surface area contributed by atoms with Crippen LogP contribution in [0.25, 0.3) is 0 Å². The number of nitrogens with two attached hydrogens (primary N) is 1. The summed E-state index contributed by atoms with van der Waals surface area (Å²) in [6.45, 7) is 5.92. The number of hydrogen-bond donors (Lipinski definition) is 2. The first-order chi connectivity index (χ1) is 12.4. The predicted octanol–water partition coefficient (Wildman–Crippen LogP) is 1.15. The molecule has 0 unspecified atom stereocenters. The van der Waals surface area contributed by atoms with E-state index >= 15 is 0 Å². The van der Waals surface area contributed by atoms with Gasteiger partial charge in [-0.15, -0.1) is 12.4 Å². The zero-order valence-electron chi connectivity index (χ0n) is 16.6. The Bertz CT molecular complexity index is 501.